The van der Waals surface area contributed by atoms with Gasteiger partial charge in [-0.05, 0) is 61.2 Å². The number of carbonyl (C=O) groups is 1. The summed E-state index contributed by atoms with van der Waals surface area (Å²) >= 11 is 0. The van der Waals surface area contributed by atoms with E-state index in [-0.39, 0.29) is 35.8 Å². The van der Waals surface area contributed by atoms with Gasteiger partial charge in [0.15, 0.2) is 0 Å². The monoisotopic (exact) mass is 410 g/mol. The number of nitrogens with zero attached hydrogens (tertiary/aromatic N) is 1. The summed E-state index contributed by atoms with van der Waals surface area (Å²) in [7, 11) is 0. The SMILES string of the molecule is Cl.NCCCOC1CCN(C(=O)c2ccc(-c3ccc(F)cc3)cc2F)CC1. The van der Waals surface area contributed by atoms with Gasteiger partial charge in [-0.3, -0.25) is 4.79 Å². The second-order valence-electron chi connectivity index (χ2n) is 6.71. The van der Waals surface area contributed by atoms with E-state index in [1.807, 2.05) is 0 Å². The summed E-state index contributed by atoms with van der Waals surface area (Å²) < 4.78 is 33.3. The van der Waals surface area contributed by atoms with Crippen molar-refractivity contribution in [2.45, 2.75) is 25.4 Å². The van der Waals surface area contributed by atoms with Gasteiger partial charge in [-0.15, -0.1) is 12.4 Å². The third kappa shape index (κ3) is 5.50. The summed E-state index contributed by atoms with van der Waals surface area (Å²) in [6.07, 6.45) is 2.44. The van der Waals surface area contributed by atoms with E-state index in [1.54, 1.807) is 23.1 Å². The number of hydrogen-bond acceptors (Lipinski definition) is 3. The molecule has 1 heterocycles. The Hall–Kier alpha value is -2.02. The van der Waals surface area contributed by atoms with Crippen LogP contribution in [0.15, 0.2) is 42.5 Å². The van der Waals surface area contributed by atoms with Crippen LogP contribution in [0.2, 0.25) is 0 Å². The Bertz CT molecular complexity index is 778. The van der Waals surface area contributed by atoms with Crippen molar-refractivity contribution >= 4 is 18.3 Å². The van der Waals surface area contributed by atoms with E-state index in [4.69, 9.17) is 10.5 Å². The molecule has 0 atom stereocenters. The van der Waals surface area contributed by atoms with E-state index in [1.165, 1.54) is 24.3 Å². The predicted molar refractivity (Wildman–Crippen MR) is 108 cm³/mol. The van der Waals surface area contributed by atoms with Crippen molar-refractivity contribution in [3.05, 3.63) is 59.7 Å². The van der Waals surface area contributed by atoms with Crippen molar-refractivity contribution in [2.24, 2.45) is 5.73 Å². The Morgan fingerprint density at radius 1 is 1.07 bits per heavy atom. The number of benzene rings is 2. The van der Waals surface area contributed by atoms with Crippen molar-refractivity contribution < 1.29 is 18.3 Å². The molecule has 2 aromatic carbocycles. The Kier molecular flexibility index (Phi) is 8.35. The molecule has 1 amide bonds. The van der Waals surface area contributed by atoms with E-state index in [0.29, 0.717) is 37.4 Å². The summed E-state index contributed by atoms with van der Waals surface area (Å²) in [5.74, 6) is -1.22. The van der Waals surface area contributed by atoms with Crippen LogP contribution in [0.4, 0.5) is 8.78 Å². The maximum atomic E-state index is 14.5. The average Bonchev–Trinajstić information content (AvgIpc) is 2.69. The number of rotatable bonds is 6. The number of likely N-dealkylation sites (tertiary alicyclic amines) is 1. The first kappa shape index (κ1) is 22.3. The van der Waals surface area contributed by atoms with Gasteiger partial charge in [-0.2, -0.15) is 0 Å². The number of amides is 1. The number of ether oxygens (including phenoxy) is 1. The summed E-state index contributed by atoms with van der Waals surface area (Å²) in [5.41, 5.74) is 6.82. The van der Waals surface area contributed by atoms with E-state index < -0.39 is 5.82 Å². The molecule has 4 nitrogen and oxygen atoms in total. The summed E-state index contributed by atoms with van der Waals surface area (Å²) in [6.45, 7) is 2.33. The molecular weight excluding hydrogens is 386 g/mol. The molecular formula is C21H25ClF2N2O2. The molecule has 2 N–H and O–H groups in total. The molecule has 1 fully saturated rings. The number of carbonyl (C=O) groups excluding carboxylic acids is 1. The average molecular weight is 411 g/mol. The first-order chi connectivity index (χ1) is 13.1. The molecule has 2 aromatic rings. The van der Waals surface area contributed by atoms with Crippen molar-refractivity contribution in [1.29, 1.82) is 0 Å². The molecule has 3 rings (SSSR count). The van der Waals surface area contributed by atoms with Gasteiger partial charge in [0.2, 0.25) is 0 Å². The minimum atomic E-state index is -0.567. The van der Waals surface area contributed by atoms with Crippen LogP contribution in [0.3, 0.4) is 0 Å². The van der Waals surface area contributed by atoms with Crippen LogP contribution in [0.1, 0.15) is 29.6 Å². The Balaban J connectivity index is 0.00000280. The second-order valence-corrected chi connectivity index (χ2v) is 6.71. The molecule has 152 valence electrons. The van der Waals surface area contributed by atoms with Gasteiger partial charge < -0.3 is 15.4 Å². The maximum absolute atomic E-state index is 14.5. The molecule has 7 heteroatoms. The minimum Gasteiger partial charge on any atom is -0.378 e. The number of nitrogens with two attached hydrogens (primary N) is 1. The Morgan fingerprint density at radius 2 is 1.71 bits per heavy atom. The van der Waals surface area contributed by atoms with Gasteiger partial charge in [-0.1, -0.05) is 18.2 Å². The molecule has 0 aromatic heterocycles. The van der Waals surface area contributed by atoms with Crippen LogP contribution in [0.5, 0.6) is 0 Å². The van der Waals surface area contributed by atoms with Gasteiger partial charge >= 0.3 is 0 Å². The Labute approximate surface area is 170 Å². The minimum absolute atomic E-state index is 0. The summed E-state index contributed by atoms with van der Waals surface area (Å²) in [4.78, 5) is 14.3. The van der Waals surface area contributed by atoms with Crippen molar-refractivity contribution in [2.75, 3.05) is 26.2 Å². The lowest BCUT2D eigenvalue weighted by molar-refractivity contribution is 0.00834. The third-order valence-electron chi connectivity index (χ3n) is 4.81. The summed E-state index contributed by atoms with van der Waals surface area (Å²) in [5, 5.41) is 0. The zero-order valence-electron chi connectivity index (χ0n) is 15.6. The topological polar surface area (TPSA) is 55.6 Å². The van der Waals surface area contributed by atoms with Gasteiger partial charge in [0.1, 0.15) is 11.6 Å². The quantitative estimate of drug-likeness (QED) is 0.732. The highest BCUT2D eigenvalue weighted by Crippen LogP contribution is 2.24. The van der Waals surface area contributed by atoms with Gasteiger partial charge in [0.05, 0.1) is 11.7 Å². The van der Waals surface area contributed by atoms with Crippen LogP contribution in [-0.4, -0.2) is 43.2 Å². The Morgan fingerprint density at radius 3 is 2.32 bits per heavy atom. The molecule has 1 aliphatic heterocycles. The highest BCUT2D eigenvalue weighted by atomic mass is 35.5. The molecule has 1 aliphatic rings. The van der Waals surface area contributed by atoms with E-state index in [0.717, 1.165) is 19.3 Å². The van der Waals surface area contributed by atoms with E-state index in [2.05, 4.69) is 0 Å². The lowest BCUT2D eigenvalue weighted by Gasteiger charge is -2.32. The lowest BCUT2D eigenvalue weighted by Crippen LogP contribution is -2.41. The zero-order chi connectivity index (χ0) is 19.2. The van der Waals surface area contributed by atoms with Crippen molar-refractivity contribution in [3.8, 4) is 11.1 Å². The largest absolute Gasteiger partial charge is 0.378 e. The van der Waals surface area contributed by atoms with Crippen molar-refractivity contribution in [3.63, 3.8) is 0 Å². The predicted octanol–water partition coefficient (Wildman–Crippen LogP) is 4.02. The molecule has 0 unspecified atom stereocenters. The lowest BCUT2D eigenvalue weighted by atomic mass is 10.0. The highest BCUT2D eigenvalue weighted by Gasteiger charge is 2.25. The van der Waals surface area contributed by atoms with Crippen LogP contribution < -0.4 is 5.73 Å². The first-order valence-electron chi connectivity index (χ1n) is 9.25. The van der Waals surface area contributed by atoms with Gasteiger partial charge in [0, 0.05) is 19.7 Å². The molecule has 28 heavy (non-hydrogen) atoms. The van der Waals surface area contributed by atoms with Crippen LogP contribution in [0, 0.1) is 11.6 Å². The smallest absolute Gasteiger partial charge is 0.256 e. The van der Waals surface area contributed by atoms with Crippen LogP contribution in [-0.2, 0) is 4.74 Å². The fourth-order valence-corrected chi connectivity index (χ4v) is 3.24. The molecule has 0 radical (unpaired) electrons. The van der Waals surface area contributed by atoms with Gasteiger partial charge in [0.25, 0.3) is 5.91 Å². The normalized spacial score (nSPS) is 14.6. The second kappa shape index (κ2) is 10.5. The van der Waals surface area contributed by atoms with Crippen molar-refractivity contribution in [1.82, 2.24) is 4.90 Å². The number of halogens is 3. The maximum Gasteiger partial charge on any atom is 0.256 e. The number of hydrogen-bond donors (Lipinski definition) is 1. The first-order valence-corrected chi connectivity index (χ1v) is 9.25. The van der Waals surface area contributed by atoms with E-state index in [9.17, 15) is 13.6 Å². The standard InChI is InChI=1S/C21H24F2N2O2.ClH/c22-17-5-2-15(3-6-17)16-4-7-19(20(23)14-16)21(26)25-11-8-18(9-12-25)27-13-1-10-24;/h2-7,14,18H,1,8-13,24H2;1H. The highest BCUT2D eigenvalue weighted by molar-refractivity contribution is 5.95. The number of piperidine rings is 1. The fraction of sp³-hybridized carbons (Fsp3) is 0.381. The molecule has 0 saturated carbocycles. The third-order valence-corrected chi connectivity index (χ3v) is 4.81. The fourth-order valence-electron chi connectivity index (χ4n) is 3.24. The molecule has 1 saturated heterocycles. The zero-order valence-corrected chi connectivity index (χ0v) is 16.4. The van der Waals surface area contributed by atoms with Crippen LogP contribution in [0.25, 0.3) is 11.1 Å². The molecule has 0 aliphatic carbocycles. The van der Waals surface area contributed by atoms with E-state index >= 15 is 0 Å². The van der Waals surface area contributed by atoms with Gasteiger partial charge in [-0.25, -0.2) is 8.78 Å². The van der Waals surface area contributed by atoms with Crippen LogP contribution >= 0.6 is 12.4 Å². The molecule has 0 bridgehead atoms. The molecule has 0 spiro atoms. The summed E-state index contributed by atoms with van der Waals surface area (Å²) in [6, 6.07) is 10.3.